The van der Waals surface area contributed by atoms with E-state index in [1.807, 2.05) is 6.07 Å². The first-order valence-corrected chi connectivity index (χ1v) is 7.62. The van der Waals surface area contributed by atoms with Gasteiger partial charge in [-0.25, -0.2) is 0 Å². The Labute approximate surface area is 147 Å². The topological polar surface area (TPSA) is 116 Å². The Balaban J connectivity index is 2.02. The number of nitrogens with one attached hydrogen (secondary N) is 1. The summed E-state index contributed by atoms with van der Waals surface area (Å²) in [6.07, 6.45) is 1.50. The van der Waals surface area contributed by atoms with Crippen LogP contribution in [0.4, 0.5) is 5.69 Å². The highest BCUT2D eigenvalue weighted by Crippen LogP contribution is 2.14. The number of imidazole rings is 1. The van der Waals surface area contributed by atoms with Gasteiger partial charge in [0.2, 0.25) is 5.62 Å². The number of carbonyl (C=O) groups is 1. The predicted octanol–water partition coefficient (Wildman–Crippen LogP) is 1.89. The molecular formula is C17H15N5O4. The van der Waals surface area contributed by atoms with Gasteiger partial charge in [0.25, 0.3) is 5.69 Å². The molecule has 2 aromatic carbocycles. The number of fused-ring (bicyclic) bond motifs is 1. The first-order chi connectivity index (χ1) is 12.5. The molecule has 1 heterocycles. The van der Waals surface area contributed by atoms with Crippen LogP contribution in [0.5, 0.6) is 0 Å². The summed E-state index contributed by atoms with van der Waals surface area (Å²) in [6.45, 7) is -0.101. The molecule has 0 fully saturated rings. The Morgan fingerprint density at radius 1 is 1.23 bits per heavy atom. The quantitative estimate of drug-likeness (QED) is 0.326. The van der Waals surface area contributed by atoms with E-state index in [0.29, 0.717) is 16.6 Å². The van der Waals surface area contributed by atoms with E-state index in [0.717, 1.165) is 0 Å². The monoisotopic (exact) mass is 353 g/mol. The average molecular weight is 353 g/mol. The molecule has 9 heteroatoms. The van der Waals surface area contributed by atoms with Crippen LogP contribution in [0, 0.1) is 15.5 Å². The zero-order chi connectivity index (χ0) is 18.7. The molecule has 0 atom stereocenters. The van der Waals surface area contributed by atoms with E-state index in [-0.39, 0.29) is 17.9 Å². The minimum atomic E-state index is -0.474. The van der Waals surface area contributed by atoms with Crippen molar-refractivity contribution in [3.63, 3.8) is 0 Å². The van der Waals surface area contributed by atoms with Gasteiger partial charge in [-0.05, 0) is 29.8 Å². The number of para-hydroxylation sites is 2. The second-order valence-electron chi connectivity index (χ2n) is 5.38. The van der Waals surface area contributed by atoms with Crippen LogP contribution in [-0.4, -0.2) is 33.5 Å². The summed E-state index contributed by atoms with van der Waals surface area (Å²) in [5, 5.41) is 23.3. The minimum Gasteiger partial charge on any atom is -0.468 e. The molecule has 1 aromatic heterocycles. The highest BCUT2D eigenvalue weighted by molar-refractivity contribution is 5.82. The van der Waals surface area contributed by atoms with Gasteiger partial charge in [-0.3, -0.25) is 24.9 Å². The summed E-state index contributed by atoms with van der Waals surface area (Å²) in [7, 11) is 1.29. The molecule has 132 valence electrons. The van der Waals surface area contributed by atoms with Crippen LogP contribution >= 0.6 is 0 Å². The smallest absolute Gasteiger partial charge is 0.325 e. The zero-order valence-electron chi connectivity index (χ0n) is 13.8. The Morgan fingerprint density at radius 2 is 1.88 bits per heavy atom. The number of rotatable bonds is 5. The summed E-state index contributed by atoms with van der Waals surface area (Å²) in [5.41, 5.74) is 1.97. The van der Waals surface area contributed by atoms with Crippen molar-refractivity contribution in [2.24, 2.45) is 5.10 Å². The lowest BCUT2D eigenvalue weighted by molar-refractivity contribution is -0.384. The number of non-ortho nitro benzene ring substituents is 1. The third-order valence-electron chi connectivity index (χ3n) is 3.80. The Kier molecular flexibility index (Phi) is 4.61. The molecule has 0 saturated heterocycles. The summed E-state index contributed by atoms with van der Waals surface area (Å²) >= 11 is 0. The molecule has 0 aliphatic carbocycles. The van der Waals surface area contributed by atoms with E-state index in [1.54, 1.807) is 30.3 Å². The van der Waals surface area contributed by atoms with Gasteiger partial charge in [-0.2, -0.15) is 9.78 Å². The van der Waals surface area contributed by atoms with Crippen LogP contribution in [-0.2, 0) is 16.1 Å². The van der Waals surface area contributed by atoms with Crippen LogP contribution in [0.15, 0.2) is 53.6 Å². The summed E-state index contributed by atoms with van der Waals surface area (Å²) in [6, 6.07) is 13.1. The number of ether oxygens (including phenoxy) is 1. The first-order valence-electron chi connectivity index (χ1n) is 7.62. The summed E-state index contributed by atoms with van der Waals surface area (Å²) in [5.74, 6) is -0.467. The van der Waals surface area contributed by atoms with Gasteiger partial charge in [0.1, 0.15) is 6.54 Å². The van der Waals surface area contributed by atoms with Crippen LogP contribution in [0.25, 0.3) is 11.0 Å². The number of methoxy groups -OCH3 is 1. The van der Waals surface area contributed by atoms with Crippen LogP contribution in [0.1, 0.15) is 5.56 Å². The fourth-order valence-electron chi connectivity index (χ4n) is 2.49. The van der Waals surface area contributed by atoms with Crippen LogP contribution in [0.2, 0.25) is 0 Å². The van der Waals surface area contributed by atoms with Crippen LogP contribution in [0.3, 0.4) is 0 Å². The lowest BCUT2D eigenvalue weighted by Crippen LogP contribution is -2.26. The largest absolute Gasteiger partial charge is 0.468 e. The van der Waals surface area contributed by atoms with Gasteiger partial charge < -0.3 is 4.74 Å². The molecule has 3 rings (SSSR count). The maximum atomic E-state index is 11.6. The molecule has 26 heavy (non-hydrogen) atoms. The van der Waals surface area contributed by atoms with E-state index < -0.39 is 10.9 Å². The second-order valence-corrected chi connectivity index (χ2v) is 5.38. The lowest BCUT2D eigenvalue weighted by Gasteiger charge is -2.01. The van der Waals surface area contributed by atoms with Gasteiger partial charge in [0, 0.05) is 12.1 Å². The molecular weight excluding hydrogens is 338 g/mol. The molecule has 0 unspecified atom stereocenters. The number of aromatic nitrogens is 2. The van der Waals surface area contributed by atoms with Gasteiger partial charge in [-0.1, -0.05) is 12.1 Å². The van der Waals surface area contributed by atoms with Crippen molar-refractivity contribution < 1.29 is 14.5 Å². The normalized spacial score (nSPS) is 11.1. The molecule has 0 saturated carbocycles. The van der Waals surface area contributed by atoms with Crippen molar-refractivity contribution >= 4 is 28.9 Å². The fraction of sp³-hybridized carbons (Fsp3) is 0.118. The Hall–Kier alpha value is -3.75. The second kappa shape index (κ2) is 7.01. The van der Waals surface area contributed by atoms with Crippen LogP contribution < -0.4 is 5.62 Å². The fourth-order valence-corrected chi connectivity index (χ4v) is 2.49. The van der Waals surface area contributed by atoms with E-state index in [1.165, 1.54) is 34.7 Å². The molecule has 0 bridgehead atoms. The maximum absolute atomic E-state index is 11.6. The lowest BCUT2D eigenvalue weighted by atomic mass is 10.2. The Bertz CT molecular complexity index is 1060. The van der Waals surface area contributed by atoms with Crippen molar-refractivity contribution in [2.45, 2.75) is 6.54 Å². The maximum Gasteiger partial charge on any atom is 0.325 e. The number of esters is 1. The molecule has 0 amide bonds. The predicted molar refractivity (Wildman–Crippen MR) is 93.9 cm³/mol. The van der Waals surface area contributed by atoms with Gasteiger partial charge >= 0.3 is 5.97 Å². The van der Waals surface area contributed by atoms with E-state index in [9.17, 15) is 14.9 Å². The van der Waals surface area contributed by atoms with Crippen molar-refractivity contribution in [1.82, 2.24) is 9.24 Å². The van der Waals surface area contributed by atoms with Crippen molar-refractivity contribution in [3.8, 4) is 0 Å². The molecule has 0 radical (unpaired) electrons. The van der Waals surface area contributed by atoms with Crippen molar-refractivity contribution in [3.05, 3.63) is 69.8 Å². The molecule has 0 aliphatic rings. The molecule has 0 spiro atoms. The average Bonchev–Trinajstić information content (AvgIpc) is 2.92. The van der Waals surface area contributed by atoms with Crippen molar-refractivity contribution in [2.75, 3.05) is 7.11 Å². The SMILES string of the molecule is COC(=O)Cn1c(=N)n(/N=C/c2ccc([N+](=O)[O-])cc2)c2ccccc21. The third kappa shape index (κ3) is 3.22. The van der Waals surface area contributed by atoms with Crippen molar-refractivity contribution in [1.29, 1.82) is 5.41 Å². The number of hydrogen-bond donors (Lipinski definition) is 1. The molecule has 3 aromatic rings. The Morgan fingerprint density at radius 3 is 2.50 bits per heavy atom. The number of benzene rings is 2. The standard InChI is InChI=1S/C17H15N5O4/c1-26-16(23)11-20-14-4-2-3-5-15(14)21(17(20)18)19-10-12-6-8-13(9-7-12)22(24)25/h2-10,18H,11H2,1H3/b18-17?,19-10+. The molecule has 1 N–H and O–H groups in total. The van der Waals surface area contributed by atoms with E-state index in [2.05, 4.69) is 9.84 Å². The van der Waals surface area contributed by atoms with Gasteiger partial charge in [0.05, 0.1) is 29.3 Å². The van der Waals surface area contributed by atoms with E-state index >= 15 is 0 Å². The van der Waals surface area contributed by atoms with Gasteiger partial charge in [0.15, 0.2) is 0 Å². The highest BCUT2D eigenvalue weighted by Gasteiger charge is 2.13. The number of nitro groups is 1. The van der Waals surface area contributed by atoms with Gasteiger partial charge in [-0.15, -0.1) is 0 Å². The molecule has 0 aliphatic heterocycles. The summed E-state index contributed by atoms with van der Waals surface area (Å²) in [4.78, 5) is 21.9. The molecule has 9 nitrogen and oxygen atoms in total. The number of carbonyl (C=O) groups excluding carboxylic acids is 1. The highest BCUT2D eigenvalue weighted by atomic mass is 16.6. The zero-order valence-corrected chi connectivity index (χ0v) is 13.8. The third-order valence-corrected chi connectivity index (χ3v) is 3.80. The number of nitrogens with zero attached hydrogens (tertiary/aromatic N) is 4. The minimum absolute atomic E-state index is 0.00864. The first kappa shape index (κ1) is 17.1. The number of hydrogen-bond acceptors (Lipinski definition) is 6. The summed E-state index contributed by atoms with van der Waals surface area (Å²) < 4.78 is 7.56. The van der Waals surface area contributed by atoms with E-state index in [4.69, 9.17) is 5.41 Å². The number of nitro benzene ring substituents is 1.